The van der Waals surface area contributed by atoms with Gasteiger partial charge in [-0.1, -0.05) is 24.3 Å². The molecular formula is C41H48ClN5O5. The van der Waals surface area contributed by atoms with E-state index in [1.54, 1.807) is 41.1 Å². The van der Waals surface area contributed by atoms with Gasteiger partial charge in [-0.15, -0.1) is 12.4 Å². The highest BCUT2D eigenvalue weighted by Gasteiger charge is 2.33. The van der Waals surface area contributed by atoms with Gasteiger partial charge in [0.1, 0.15) is 11.9 Å². The summed E-state index contributed by atoms with van der Waals surface area (Å²) < 4.78 is 7.90. The molecule has 0 spiro atoms. The summed E-state index contributed by atoms with van der Waals surface area (Å²) in [6.45, 7) is 5.37. The number of benzene rings is 3. The van der Waals surface area contributed by atoms with Crippen LogP contribution in [-0.2, 0) is 37.7 Å². The number of carbonyl (C=O) groups is 3. The number of ether oxygens (including phenoxy) is 1. The summed E-state index contributed by atoms with van der Waals surface area (Å²) in [6.07, 6.45) is 4.21. The maximum absolute atomic E-state index is 14.8. The number of hydrogen-bond acceptors (Lipinski definition) is 6. The van der Waals surface area contributed by atoms with Crippen LogP contribution in [0.5, 0.6) is 5.75 Å². The number of halogens is 1. The molecule has 0 radical (unpaired) electrons. The summed E-state index contributed by atoms with van der Waals surface area (Å²) in [5.74, 6) is -0.148. The quantitative estimate of drug-likeness (QED) is 0.235. The summed E-state index contributed by atoms with van der Waals surface area (Å²) in [4.78, 5) is 47.2. The molecule has 274 valence electrons. The van der Waals surface area contributed by atoms with Crippen molar-refractivity contribution in [3.8, 4) is 17.0 Å². The number of nitrogens with two attached hydrogens (primary N) is 1. The van der Waals surface area contributed by atoms with Crippen LogP contribution in [0.3, 0.4) is 0 Å². The summed E-state index contributed by atoms with van der Waals surface area (Å²) in [6, 6.07) is 20.9. The van der Waals surface area contributed by atoms with Gasteiger partial charge in [-0.05, 0) is 117 Å². The fraction of sp³-hybridized carbons (Fsp3) is 0.390. The Morgan fingerprint density at radius 1 is 0.885 bits per heavy atom. The highest BCUT2D eigenvalue weighted by atomic mass is 35.5. The van der Waals surface area contributed by atoms with E-state index in [4.69, 9.17) is 10.5 Å². The lowest BCUT2D eigenvalue weighted by Gasteiger charge is -2.36. The SMILES string of the molecule is Cc1c(C(=O)N(C)c2ccc(O)cc2)cc(-c2cc3c(cc2C(=O)N2Cc4ccccc4C[C@H]2C)CN(C(=O)O[C@H]2CC[C@H](N)CC2)CC3)n1C.Cl. The highest BCUT2D eigenvalue weighted by Crippen LogP contribution is 2.36. The van der Waals surface area contributed by atoms with Crippen LogP contribution in [0.2, 0.25) is 0 Å². The normalized spacial score (nSPS) is 19.6. The van der Waals surface area contributed by atoms with Crippen molar-refractivity contribution in [3.05, 3.63) is 106 Å². The standard InChI is InChI=1S/C41H47N5O5.ClH/c1-25-19-27-7-5-6-8-29(27)24-46(25)40(49)37-21-30-23-45(41(50)51-34-15-9-31(42)10-16-34)18-17-28(30)20-36(37)38-22-35(26(2)43(38)3)39(48)44(4)32-11-13-33(47)14-12-32;/h5-8,11-14,20-22,25,31,34,47H,9-10,15-19,23-24,42H2,1-4H3;1H/t25-,31-,34-;/m1./s1. The Labute approximate surface area is 311 Å². The van der Waals surface area contributed by atoms with Crippen molar-refractivity contribution in [2.45, 2.75) is 83.6 Å². The number of hydrogen-bond donors (Lipinski definition) is 2. The lowest BCUT2D eigenvalue weighted by atomic mass is 9.90. The van der Waals surface area contributed by atoms with Gasteiger partial charge in [0, 0.05) is 74.0 Å². The van der Waals surface area contributed by atoms with Crippen LogP contribution in [0, 0.1) is 6.92 Å². The van der Waals surface area contributed by atoms with Crippen LogP contribution < -0.4 is 10.6 Å². The molecule has 0 bridgehead atoms. The maximum Gasteiger partial charge on any atom is 0.410 e. The van der Waals surface area contributed by atoms with Crippen molar-refractivity contribution < 1.29 is 24.2 Å². The Bertz CT molecular complexity index is 1980. The molecule has 3 heterocycles. The molecule has 52 heavy (non-hydrogen) atoms. The van der Waals surface area contributed by atoms with E-state index in [1.807, 2.05) is 47.7 Å². The number of aromatic nitrogens is 1. The largest absolute Gasteiger partial charge is 0.508 e. The van der Waals surface area contributed by atoms with Gasteiger partial charge in [-0.3, -0.25) is 9.59 Å². The van der Waals surface area contributed by atoms with Crippen LogP contribution in [0.1, 0.15) is 81.3 Å². The van der Waals surface area contributed by atoms with Crippen LogP contribution in [-0.4, -0.2) is 69.2 Å². The van der Waals surface area contributed by atoms with E-state index in [0.29, 0.717) is 42.9 Å². The summed E-state index contributed by atoms with van der Waals surface area (Å²) >= 11 is 0. The number of amides is 3. The summed E-state index contributed by atoms with van der Waals surface area (Å²) in [5, 5.41) is 9.77. The molecule has 3 aromatic carbocycles. The predicted molar refractivity (Wildman–Crippen MR) is 204 cm³/mol. The van der Waals surface area contributed by atoms with Crippen molar-refractivity contribution in [1.82, 2.24) is 14.4 Å². The molecule has 10 nitrogen and oxygen atoms in total. The van der Waals surface area contributed by atoms with E-state index in [1.165, 1.54) is 5.56 Å². The van der Waals surface area contributed by atoms with Crippen molar-refractivity contribution in [2.75, 3.05) is 18.5 Å². The molecule has 3 aliphatic rings. The Hall–Kier alpha value is -4.80. The third-order valence-electron chi connectivity index (χ3n) is 11.2. The van der Waals surface area contributed by atoms with E-state index in [2.05, 4.69) is 25.1 Å². The average molecular weight is 726 g/mol. The van der Waals surface area contributed by atoms with E-state index < -0.39 is 0 Å². The first kappa shape index (κ1) is 37.0. The molecule has 1 saturated carbocycles. The molecule has 0 saturated heterocycles. The van der Waals surface area contributed by atoms with Gasteiger partial charge < -0.3 is 34.8 Å². The first-order valence-electron chi connectivity index (χ1n) is 18.0. The van der Waals surface area contributed by atoms with Crippen LogP contribution >= 0.6 is 12.4 Å². The lowest BCUT2D eigenvalue weighted by Crippen LogP contribution is -2.43. The first-order chi connectivity index (χ1) is 24.5. The molecule has 11 heteroatoms. The smallest absolute Gasteiger partial charge is 0.410 e. The predicted octanol–water partition coefficient (Wildman–Crippen LogP) is 6.76. The second kappa shape index (κ2) is 15.0. The number of fused-ring (bicyclic) bond motifs is 2. The Balaban J connectivity index is 0.00000464. The second-order valence-electron chi connectivity index (χ2n) is 14.5. The Morgan fingerprint density at radius 3 is 2.29 bits per heavy atom. The summed E-state index contributed by atoms with van der Waals surface area (Å²) in [5.41, 5.74) is 14.5. The maximum atomic E-state index is 14.8. The lowest BCUT2D eigenvalue weighted by molar-refractivity contribution is 0.0405. The third kappa shape index (κ3) is 7.14. The fourth-order valence-electron chi connectivity index (χ4n) is 7.83. The van der Waals surface area contributed by atoms with E-state index >= 15 is 0 Å². The molecule has 1 atom stereocenters. The van der Waals surface area contributed by atoms with Crippen molar-refractivity contribution in [2.24, 2.45) is 12.8 Å². The Kier molecular flexibility index (Phi) is 10.7. The zero-order chi connectivity index (χ0) is 36.0. The van der Waals surface area contributed by atoms with E-state index in [9.17, 15) is 19.5 Å². The number of aromatic hydroxyl groups is 1. The van der Waals surface area contributed by atoms with Crippen LogP contribution in [0.15, 0.2) is 66.7 Å². The van der Waals surface area contributed by atoms with Gasteiger partial charge in [-0.25, -0.2) is 4.79 Å². The van der Waals surface area contributed by atoms with Crippen LogP contribution in [0.25, 0.3) is 11.3 Å². The van der Waals surface area contributed by atoms with Crippen molar-refractivity contribution >= 4 is 36.0 Å². The van der Waals surface area contributed by atoms with Gasteiger partial charge in [0.05, 0.1) is 5.56 Å². The van der Waals surface area contributed by atoms with Gasteiger partial charge in [0.15, 0.2) is 0 Å². The average Bonchev–Trinajstić information content (AvgIpc) is 3.43. The molecule has 2 aliphatic heterocycles. The zero-order valence-electron chi connectivity index (χ0n) is 30.3. The number of anilines is 1. The number of carbonyl (C=O) groups excluding carboxylic acids is 3. The topological polar surface area (TPSA) is 121 Å². The molecule has 0 unspecified atom stereocenters. The minimum atomic E-state index is -0.321. The van der Waals surface area contributed by atoms with E-state index in [-0.39, 0.29) is 54.3 Å². The van der Waals surface area contributed by atoms with Gasteiger partial charge in [0.2, 0.25) is 0 Å². The number of phenols is 1. The molecule has 1 aliphatic carbocycles. The third-order valence-corrected chi connectivity index (χ3v) is 11.2. The van der Waals surface area contributed by atoms with Gasteiger partial charge in [-0.2, -0.15) is 0 Å². The molecule has 3 N–H and O–H groups in total. The number of nitrogens with zero attached hydrogens (tertiary/aromatic N) is 4. The second-order valence-corrected chi connectivity index (χ2v) is 14.5. The molecule has 7 rings (SSSR count). The minimum absolute atomic E-state index is 0. The first-order valence-corrected chi connectivity index (χ1v) is 18.0. The number of phenolic OH excluding ortho intramolecular Hbond substituents is 1. The molecule has 3 amide bonds. The van der Waals surface area contributed by atoms with Crippen molar-refractivity contribution in [3.63, 3.8) is 0 Å². The van der Waals surface area contributed by atoms with Crippen molar-refractivity contribution in [1.29, 1.82) is 0 Å². The van der Waals surface area contributed by atoms with E-state index in [0.717, 1.165) is 65.7 Å². The highest BCUT2D eigenvalue weighted by molar-refractivity contribution is 6.08. The molecule has 1 fully saturated rings. The summed E-state index contributed by atoms with van der Waals surface area (Å²) in [7, 11) is 3.63. The number of rotatable bonds is 5. The Morgan fingerprint density at radius 2 is 1.58 bits per heavy atom. The molecule has 1 aromatic heterocycles. The fourth-order valence-corrected chi connectivity index (χ4v) is 7.83. The molecular weight excluding hydrogens is 678 g/mol. The van der Waals surface area contributed by atoms with Crippen LogP contribution in [0.4, 0.5) is 10.5 Å². The monoisotopic (exact) mass is 725 g/mol. The zero-order valence-corrected chi connectivity index (χ0v) is 31.1. The van der Waals surface area contributed by atoms with Gasteiger partial charge >= 0.3 is 6.09 Å². The van der Waals surface area contributed by atoms with Gasteiger partial charge in [0.25, 0.3) is 11.8 Å². The molecule has 4 aromatic rings. The minimum Gasteiger partial charge on any atom is -0.508 e.